The summed E-state index contributed by atoms with van der Waals surface area (Å²) in [5.74, 6) is 0.804. The molecule has 1 atom stereocenters. The quantitative estimate of drug-likeness (QED) is 0.793. The number of aryl methyl sites for hydroxylation is 1. The second-order valence-electron chi connectivity index (χ2n) is 4.36. The molecule has 0 aliphatic heterocycles. The molecular formula is C14H18N2O3. The van der Waals surface area contributed by atoms with Gasteiger partial charge in [0.05, 0.1) is 24.8 Å². The first-order chi connectivity index (χ1) is 9.08. The minimum absolute atomic E-state index is 0.257. The third-order valence-electron chi connectivity index (χ3n) is 3.15. The van der Waals surface area contributed by atoms with E-state index in [9.17, 15) is 4.79 Å². The fourth-order valence-corrected chi connectivity index (χ4v) is 2.09. The lowest BCUT2D eigenvalue weighted by Gasteiger charge is -2.10. The standard InChI is InChI=1S/C14H18N2O3/c1-5-19-14(17)9(2)13-15-11-8-10(18-4)6-7-12(11)16(13)3/h6-9H,5H2,1-4H3. The summed E-state index contributed by atoms with van der Waals surface area (Å²) < 4.78 is 12.1. The van der Waals surface area contributed by atoms with E-state index in [2.05, 4.69) is 4.98 Å². The third-order valence-corrected chi connectivity index (χ3v) is 3.15. The first-order valence-electron chi connectivity index (χ1n) is 6.25. The van der Waals surface area contributed by atoms with Gasteiger partial charge in [-0.3, -0.25) is 4.79 Å². The molecule has 102 valence electrons. The van der Waals surface area contributed by atoms with E-state index in [4.69, 9.17) is 9.47 Å². The summed E-state index contributed by atoms with van der Waals surface area (Å²) in [6, 6.07) is 5.67. The van der Waals surface area contributed by atoms with Gasteiger partial charge in [0, 0.05) is 13.1 Å². The molecule has 0 bridgehead atoms. The molecule has 0 aliphatic carbocycles. The number of fused-ring (bicyclic) bond motifs is 1. The highest BCUT2D eigenvalue weighted by atomic mass is 16.5. The molecule has 19 heavy (non-hydrogen) atoms. The smallest absolute Gasteiger partial charge is 0.316 e. The van der Waals surface area contributed by atoms with E-state index in [0.717, 1.165) is 16.8 Å². The molecule has 1 aromatic carbocycles. The zero-order valence-corrected chi connectivity index (χ0v) is 11.6. The number of aromatic nitrogens is 2. The van der Waals surface area contributed by atoms with Crippen LogP contribution in [0.4, 0.5) is 0 Å². The lowest BCUT2D eigenvalue weighted by atomic mass is 10.2. The van der Waals surface area contributed by atoms with Crippen LogP contribution in [0.15, 0.2) is 18.2 Å². The molecule has 0 fully saturated rings. The van der Waals surface area contributed by atoms with E-state index in [1.165, 1.54) is 0 Å². The van der Waals surface area contributed by atoms with Crippen LogP contribution in [0.1, 0.15) is 25.6 Å². The molecule has 0 radical (unpaired) electrons. The van der Waals surface area contributed by atoms with Crippen LogP contribution >= 0.6 is 0 Å². The number of benzene rings is 1. The van der Waals surface area contributed by atoms with E-state index >= 15 is 0 Å². The van der Waals surface area contributed by atoms with Crippen molar-refractivity contribution in [3.05, 3.63) is 24.0 Å². The van der Waals surface area contributed by atoms with Crippen molar-refractivity contribution in [3.8, 4) is 5.75 Å². The average molecular weight is 262 g/mol. The zero-order valence-electron chi connectivity index (χ0n) is 11.6. The van der Waals surface area contributed by atoms with Crippen molar-refractivity contribution in [3.63, 3.8) is 0 Å². The number of nitrogens with zero attached hydrogens (tertiary/aromatic N) is 2. The predicted octanol–water partition coefficient (Wildman–Crippen LogP) is 2.25. The Bertz CT molecular complexity index is 604. The van der Waals surface area contributed by atoms with Gasteiger partial charge in [-0.05, 0) is 26.0 Å². The van der Waals surface area contributed by atoms with Gasteiger partial charge in [0.1, 0.15) is 17.5 Å². The number of rotatable bonds is 4. The SMILES string of the molecule is CCOC(=O)C(C)c1nc2cc(OC)ccc2n1C. The first-order valence-corrected chi connectivity index (χ1v) is 6.25. The van der Waals surface area contributed by atoms with Crippen molar-refractivity contribution in [1.82, 2.24) is 9.55 Å². The van der Waals surface area contributed by atoms with E-state index in [-0.39, 0.29) is 11.9 Å². The fraction of sp³-hybridized carbons (Fsp3) is 0.429. The van der Waals surface area contributed by atoms with E-state index in [1.807, 2.05) is 29.8 Å². The summed E-state index contributed by atoms with van der Waals surface area (Å²) in [5.41, 5.74) is 1.78. The molecule has 0 spiro atoms. The van der Waals surface area contributed by atoms with Gasteiger partial charge in [0.2, 0.25) is 0 Å². The molecule has 0 saturated heterocycles. The lowest BCUT2D eigenvalue weighted by molar-refractivity contribution is -0.144. The van der Waals surface area contributed by atoms with Gasteiger partial charge in [-0.1, -0.05) is 0 Å². The molecule has 5 heteroatoms. The van der Waals surface area contributed by atoms with Gasteiger partial charge in [0.25, 0.3) is 0 Å². The zero-order chi connectivity index (χ0) is 14.0. The van der Waals surface area contributed by atoms with Crippen molar-refractivity contribution < 1.29 is 14.3 Å². The molecule has 0 saturated carbocycles. The van der Waals surface area contributed by atoms with E-state index in [1.54, 1.807) is 21.0 Å². The third kappa shape index (κ3) is 2.41. The highest BCUT2D eigenvalue weighted by molar-refractivity contribution is 5.81. The Morgan fingerprint density at radius 1 is 1.47 bits per heavy atom. The number of hydrogen-bond acceptors (Lipinski definition) is 4. The van der Waals surface area contributed by atoms with Crippen LogP contribution in [0.3, 0.4) is 0 Å². The lowest BCUT2D eigenvalue weighted by Crippen LogP contribution is -2.16. The van der Waals surface area contributed by atoms with Crippen molar-refractivity contribution in [2.75, 3.05) is 13.7 Å². The van der Waals surface area contributed by atoms with Crippen molar-refractivity contribution in [2.24, 2.45) is 7.05 Å². The Morgan fingerprint density at radius 3 is 2.84 bits per heavy atom. The number of hydrogen-bond donors (Lipinski definition) is 0. The highest BCUT2D eigenvalue weighted by Crippen LogP contribution is 2.24. The van der Waals surface area contributed by atoms with Crippen LogP contribution in [0.25, 0.3) is 11.0 Å². The Hall–Kier alpha value is -2.04. The molecule has 2 aromatic rings. The van der Waals surface area contributed by atoms with Crippen LogP contribution < -0.4 is 4.74 Å². The highest BCUT2D eigenvalue weighted by Gasteiger charge is 2.22. The van der Waals surface area contributed by atoms with Gasteiger partial charge in [-0.25, -0.2) is 4.98 Å². The largest absolute Gasteiger partial charge is 0.497 e. The number of carbonyl (C=O) groups excluding carboxylic acids is 1. The van der Waals surface area contributed by atoms with Gasteiger partial charge in [-0.2, -0.15) is 0 Å². The molecule has 2 rings (SSSR count). The number of ether oxygens (including phenoxy) is 2. The van der Waals surface area contributed by atoms with Crippen LogP contribution in [0, 0.1) is 0 Å². The topological polar surface area (TPSA) is 53.4 Å². The minimum Gasteiger partial charge on any atom is -0.497 e. The molecular weight excluding hydrogens is 244 g/mol. The number of imidazole rings is 1. The molecule has 1 unspecified atom stereocenters. The van der Waals surface area contributed by atoms with Crippen molar-refractivity contribution in [2.45, 2.75) is 19.8 Å². The van der Waals surface area contributed by atoms with Crippen molar-refractivity contribution in [1.29, 1.82) is 0 Å². The molecule has 0 amide bonds. The second kappa shape index (κ2) is 5.30. The maximum absolute atomic E-state index is 11.8. The maximum Gasteiger partial charge on any atom is 0.316 e. The van der Waals surface area contributed by atoms with E-state index < -0.39 is 0 Å². The Balaban J connectivity index is 2.44. The summed E-state index contributed by atoms with van der Waals surface area (Å²) in [4.78, 5) is 16.3. The number of carbonyl (C=O) groups is 1. The monoisotopic (exact) mass is 262 g/mol. The van der Waals surface area contributed by atoms with Gasteiger partial charge in [-0.15, -0.1) is 0 Å². The summed E-state index contributed by atoms with van der Waals surface area (Å²) in [6.07, 6.45) is 0. The van der Waals surface area contributed by atoms with Crippen molar-refractivity contribution >= 4 is 17.0 Å². The molecule has 1 aromatic heterocycles. The van der Waals surface area contributed by atoms with E-state index in [0.29, 0.717) is 12.4 Å². The Morgan fingerprint density at radius 2 is 2.21 bits per heavy atom. The molecule has 0 N–H and O–H groups in total. The van der Waals surface area contributed by atoms with Crippen LogP contribution in [-0.4, -0.2) is 29.2 Å². The molecule has 0 aliphatic rings. The summed E-state index contributed by atoms with van der Waals surface area (Å²) >= 11 is 0. The normalized spacial score (nSPS) is 12.4. The fourth-order valence-electron chi connectivity index (χ4n) is 2.09. The Kier molecular flexibility index (Phi) is 3.74. The molecule has 1 heterocycles. The molecule has 5 nitrogen and oxygen atoms in total. The maximum atomic E-state index is 11.8. The van der Waals surface area contributed by atoms with Gasteiger partial charge < -0.3 is 14.0 Å². The van der Waals surface area contributed by atoms with Crippen LogP contribution in [0.5, 0.6) is 5.75 Å². The summed E-state index contributed by atoms with van der Waals surface area (Å²) in [5, 5.41) is 0. The summed E-state index contributed by atoms with van der Waals surface area (Å²) in [6.45, 7) is 3.97. The van der Waals surface area contributed by atoms with Gasteiger partial charge >= 0.3 is 5.97 Å². The van der Waals surface area contributed by atoms with Crippen LogP contribution in [0.2, 0.25) is 0 Å². The first kappa shape index (κ1) is 13.4. The summed E-state index contributed by atoms with van der Waals surface area (Å²) in [7, 11) is 3.51. The average Bonchev–Trinajstić information content (AvgIpc) is 2.74. The van der Waals surface area contributed by atoms with Crippen LogP contribution in [-0.2, 0) is 16.6 Å². The predicted molar refractivity (Wildman–Crippen MR) is 72.3 cm³/mol. The minimum atomic E-state index is -0.386. The number of esters is 1. The number of methoxy groups -OCH3 is 1. The second-order valence-corrected chi connectivity index (χ2v) is 4.36. The van der Waals surface area contributed by atoms with Gasteiger partial charge in [0.15, 0.2) is 0 Å². The Labute approximate surface area is 112 Å².